The largest absolute Gasteiger partial charge is 0.482 e. The van der Waals surface area contributed by atoms with E-state index in [1.54, 1.807) is 42.5 Å². The number of carbonyl (C=O) groups excluding carboxylic acids is 2. The van der Waals surface area contributed by atoms with Crippen LogP contribution in [0, 0.1) is 0 Å². The number of rotatable bonds is 5. The zero-order valence-electron chi connectivity index (χ0n) is 14.6. The molecule has 4 aromatic rings. The summed E-state index contributed by atoms with van der Waals surface area (Å²) in [5, 5.41) is 1.84. The van der Waals surface area contributed by atoms with Crippen LogP contribution in [0.3, 0.4) is 0 Å². The third kappa shape index (κ3) is 3.53. The molecular formula is C22H16O5. The van der Waals surface area contributed by atoms with Crippen molar-refractivity contribution in [3.05, 3.63) is 72.3 Å². The lowest BCUT2D eigenvalue weighted by atomic mass is 10.1. The summed E-state index contributed by atoms with van der Waals surface area (Å²) in [6, 6.07) is 19.6. The highest BCUT2D eigenvalue weighted by Gasteiger charge is 2.11. The van der Waals surface area contributed by atoms with Crippen molar-refractivity contribution < 1.29 is 23.5 Å². The molecular weight excluding hydrogens is 344 g/mol. The Kier molecular flexibility index (Phi) is 4.34. The molecule has 0 radical (unpaired) electrons. The molecule has 3 aromatic carbocycles. The number of para-hydroxylation sites is 1. The van der Waals surface area contributed by atoms with E-state index in [1.807, 2.05) is 24.3 Å². The van der Waals surface area contributed by atoms with Crippen LogP contribution in [-0.2, 0) is 4.79 Å². The van der Waals surface area contributed by atoms with Crippen molar-refractivity contribution in [2.45, 2.75) is 6.92 Å². The lowest BCUT2D eigenvalue weighted by Gasteiger charge is -2.07. The molecule has 4 rings (SSSR count). The SMILES string of the molecule is CC(=O)c1cccc(OCC(=O)Oc2ccc3oc4ccccc4c3c2)c1. The molecule has 5 nitrogen and oxygen atoms in total. The van der Waals surface area contributed by atoms with Gasteiger partial charge in [-0.1, -0.05) is 30.3 Å². The van der Waals surface area contributed by atoms with Gasteiger partial charge in [-0.15, -0.1) is 0 Å². The van der Waals surface area contributed by atoms with Gasteiger partial charge in [0, 0.05) is 16.3 Å². The van der Waals surface area contributed by atoms with Crippen LogP contribution in [0.1, 0.15) is 17.3 Å². The summed E-state index contributed by atoms with van der Waals surface area (Å²) in [6.45, 7) is 1.22. The van der Waals surface area contributed by atoms with Crippen molar-refractivity contribution in [1.82, 2.24) is 0 Å². The standard InChI is InChI=1S/C22H16O5/c1-14(23)15-5-4-6-16(11-15)25-13-22(24)26-17-9-10-21-19(12-17)18-7-2-3-8-20(18)27-21/h2-12H,13H2,1H3. The smallest absolute Gasteiger partial charge is 0.349 e. The molecule has 1 aromatic heterocycles. The maximum absolute atomic E-state index is 12.1. The van der Waals surface area contributed by atoms with E-state index in [1.165, 1.54) is 6.92 Å². The van der Waals surface area contributed by atoms with Crippen LogP contribution in [0.25, 0.3) is 21.9 Å². The van der Waals surface area contributed by atoms with Gasteiger partial charge in [-0.2, -0.15) is 0 Å². The van der Waals surface area contributed by atoms with Gasteiger partial charge in [-0.25, -0.2) is 4.79 Å². The Bertz CT molecular complexity index is 1160. The van der Waals surface area contributed by atoms with Crippen LogP contribution in [0.2, 0.25) is 0 Å². The van der Waals surface area contributed by atoms with Gasteiger partial charge in [0.25, 0.3) is 0 Å². The molecule has 0 aliphatic carbocycles. The summed E-state index contributed by atoms with van der Waals surface area (Å²) in [5.74, 6) is 0.259. The van der Waals surface area contributed by atoms with Crippen molar-refractivity contribution in [3.8, 4) is 11.5 Å². The molecule has 5 heteroatoms. The first kappa shape index (κ1) is 16.8. The molecule has 0 spiro atoms. The average molecular weight is 360 g/mol. The van der Waals surface area contributed by atoms with Crippen LogP contribution >= 0.6 is 0 Å². The predicted octanol–water partition coefficient (Wildman–Crippen LogP) is 4.77. The fourth-order valence-electron chi connectivity index (χ4n) is 2.88. The third-order valence-electron chi connectivity index (χ3n) is 4.18. The summed E-state index contributed by atoms with van der Waals surface area (Å²) in [5.41, 5.74) is 2.04. The van der Waals surface area contributed by atoms with Crippen LogP contribution in [-0.4, -0.2) is 18.4 Å². The highest BCUT2D eigenvalue weighted by molar-refractivity contribution is 6.05. The van der Waals surface area contributed by atoms with Gasteiger partial charge in [0.05, 0.1) is 0 Å². The Balaban J connectivity index is 1.47. The lowest BCUT2D eigenvalue weighted by Crippen LogP contribution is -2.17. The van der Waals surface area contributed by atoms with E-state index in [0.717, 1.165) is 21.9 Å². The second-order valence-corrected chi connectivity index (χ2v) is 6.10. The molecule has 0 atom stereocenters. The molecule has 0 unspecified atom stereocenters. The minimum absolute atomic E-state index is 0.0660. The minimum Gasteiger partial charge on any atom is -0.482 e. The van der Waals surface area contributed by atoms with Gasteiger partial charge in [0.2, 0.25) is 0 Å². The normalized spacial score (nSPS) is 10.9. The molecule has 0 N–H and O–H groups in total. The molecule has 0 aliphatic rings. The van der Waals surface area contributed by atoms with Crippen molar-refractivity contribution in [3.63, 3.8) is 0 Å². The summed E-state index contributed by atoms with van der Waals surface area (Å²) >= 11 is 0. The van der Waals surface area contributed by atoms with Crippen LogP contribution in [0.15, 0.2) is 71.1 Å². The van der Waals surface area contributed by atoms with Gasteiger partial charge in [0.1, 0.15) is 22.7 Å². The molecule has 0 fully saturated rings. The number of Topliss-reactive ketones (excluding diaryl/α,β-unsaturated/α-hetero) is 1. The predicted molar refractivity (Wildman–Crippen MR) is 101 cm³/mol. The number of hydrogen-bond donors (Lipinski definition) is 0. The molecule has 134 valence electrons. The molecule has 1 heterocycles. The van der Waals surface area contributed by atoms with Crippen molar-refractivity contribution in [2.24, 2.45) is 0 Å². The fourth-order valence-corrected chi connectivity index (χ4v) is 2.88. The van der Waals surface area contributed by atoms with Gasteiger partial charge in [0.15, 0.2) is 12.4 Å². The van der Waals surface area contributed by atoms with Gasteiger partial charge in [-0.3, -0.25) is 4.79 Å². The number of hydrogen-bond acceptors (Lipinski definition) is 5. The van der Waals surface area contributed by atoms with E-state index >= 15 is 0 Å². The summed E-state index contributed by atoms with van der Waals surface area (Å²) in [7, 11) is 0. The quantitative estimate of drug-likeness (QED) is 0.291. The number of esters is 1. The second kappa shape index (κ2) is 6.96. The lowest BCUT2D eigenvalue weighted by molar-refractivity contribution is -0.136. The highest BCUT2D eigenvalue weighted by Crippen LogP contribution is 2.31. The first-order chi connectivity index (χ1) is 13.1. The number of furan rings is 1. The van der Waals surface area contributed by atoms with Crippen molar-refractivity contribution in [2.75, 3.05) is 6.61 Å². The Hall–Kier alpha value is -3.60. The zero-order chi connectivity index (χ0) is 18.8. The first-order valence-corrected chi connectivity index (χ1v) is 8.46. The monoisotopic (exact) mass is 360 g/mol. The van der Waals surface area contributed by atoms with Crippen LogP contribution in [0.5, 0.6) is 11.5 Å². The average Bonchev–Trinajstić information content (AvgIpc) is 3.05. The zero-order valence-corrected chi connectivity index (χ0v) is 14.6. The van der Waals surface area contributed by atoms with Gasteiger partial charge < -0.3 is 13.9 Å². The van der Waals surface area contributed by atoms with Crippen LogP contribution in [0.4, 0.5) is 0 Å². The molecule has 0 amide bonds. The Morgan fingerprint density at radius 1 is 0.852 bits per heavy atom. The molecule has 0 aliphatic heterocycles. The highest BCUT2D eigenvalue weighted by atomic mass is 16.6. The van der Waals surface area contributed by atoms with Crippen LogP contribution < -0.4 is 9.47 Å². The van der Waals surface area contributed by atoms with Gasteiger partial charge in [-0.05, 0) is 43.3 Å². The van der Waals surface area contributed by atoms with E-state index in [4.69, 9.17) is 13.9 Å². The van der Waals surface area contributed by atoms with Crippen molar-refractivity contribution >= 4 is 33.7 Å². The number of ether oxygens (including phenoxy) is 2. The van der Waals surface area contributed by atoms with E-state index < -0.39 is 5.97 Å². The fraction of sp³-hybridized carbons (Fsp3) is 0.0909. The summed E-state index contributed by atoms with van der Waals surface area (Å²) in [4.78, 5) is 23.5. The van der Waals surface area contributed by atoms with E-state index in [9.17, 15) is 9.59 Å². The molecule has 0 saturated heterocycles. The Morgan fingerprint density at radius 3 is 2.52 bits per heavy atom. The molecule has 0 saturated carbocycles. The molecule has 27 heavy (non-hydrogen) atoms. The summed E-state index contributed by atoms with van der Waals surface area (Å²) < 4.78 is 16.6. The van der Waals surface area contributed by atoms with E-state index in [2.05, 4.69) is 0 Å². The Labute approximate surface area is 155 Å². The van der Waals surface area contributed by atoms with E-state index in [0.29, 0.717) is 17.1 Å². The first-order valence-electron chi connectivity index (χ1n) is 8.46. The third-order valence-corrected chi connectivity index (χ3v) is 4.18. The number of ketones is 1. The number of benzene rings is 3. The number of fused-ring (bicyclic) bond motifs is 3. The second-order valence-electron chi connectivity index (χ2n) is 6.10. The van der Waals surface area contributed by atoms with E-state index in [-0.39, 0.29) is 12.4 Å². The maximum Gasteiger partial charge on any atom is 0.349 e. The van der Waals surface area contributed by atoms with Gasteiger partial charge >= 0.3 is 5.97 Å². The molecule has 0 bridgehead atoms. The Morgan fingerprint density at radius 2 is 1.67 bits per heavy atom. The number of carbonyl (C=O) groups is 2. The maximum atomic E-state index is 12.1. The summed E-state index contributed by atoms with van der Waals surface area (Å²) in [6.07, 6.45) is 0. The van der Waals surface area contributed by atoms with Crippen molar-refractivity contribution in [1.29, 1.82) is 0 Å². The minimum atomic E-state index is -0.532. The topological polar surface area (TPSA) is 65.7 Å².